The molecule has 0 aliphatic carbocycles. The summed E-state index contributed by atoms with van der Waals surface area (Å²) in [6.07, 6.45) is 3.94. The molecule has 2 N–H and O–H groups in total. The predicted molar refractivity (Wildman–Crippen MR) is 70.5 cm³/mol. The lowest BCUT2D eigenvalue weighted by Crippen LogP contribution is -2.36. The predicted octanol–water partition coefficient (Wildman–Crippen LogP) is 2.26. The van der Waals surface area contributed by atoms with Crippen molar-refractivity contribution in [1.29, 1.82) is 0 Å². The Hall–Kier alpha value is -1.23. The largest absolute Gasteiger partial charge is 0.360 e. The number of aryl methyl sites for hydroxylation is 1. The number of hydrogen-bond acceptors (Lipinski definition) is 3. The standard InChI is InChI=1S/C11H18N4S/c1-4-5-8(2)14-11(16)15-10-12-7-6-9(3)13-10/h6-8H,4-5H2,1-3H3,(H2,12,13,14,15,16)/t8-/m1/s1. The van der Waals surface area contributed by atoms with Crippen LogP contribution < -0.4 is 10.6 Å². The smallest absolute Gasteiger partial charge is 0.229 e. The van der Waals surface area contributed by atoms with Crippen molar-refractivity contribution in [3.63, 3.8) is 0 Å². The molecule has 4 nitrogen and oxygen atoms in total. The number of nitrogens with one attached hydrogen (secondary N) is 2. The van der Waals surface area contributed by atoms with E-state index in [-0.39, 0.29) is 0 Å². The van der Waals surface area contributed by atoms with Crippen LogP contribution in [0.15, 0.2) is 12.3 Å². The van der Waals surface area contributed by atoms with Crippen LogP contribution in [0.25, 0.3) is 0 Å². The zero-order valence-electron chi connectivity index (χ0n) is 9.95. The average molecular weight is 238 g/mol. The van der Waals surface area contributed by atoms with E-state index >= 15 is 0 Å². The first kappa shape index (κ1) is 12.8. The molecule has 5 heteroatoms. The molecule has 0 aromatic carbocycles. The molecule has 0 saturated carbocycles. The van der Waals surface area contributed by atoms with E-state index in [2.05, 4.69) is 34.4 Å². The lowest BCUT2D eigenvalue weighted by atomic mass is 10.2. The van der Waals surface area contributed by atoms with Crippen LogP contribution in [0.2, 0.25) is 0 Å². The van der Waals surface area contributed by atoms with Crippen LogP contribution in [-0.4, -0.2) is 21.1 Å². The van der Waals surface area contributed by atoms with Crippen molar-refractivity contribution in [2.45, 2.75) is 39.7 Å². The fraction of sp³-hybridized carbons (Fsp3) is 0.545. The van der Waals surface area contributed by atoms with Gasteiger partial charge in [-0.05, 0) is 38.6 Å². The maximum absolute atomic E-state index is 5.17. The third kappa shape index (κ3) is 4.53. The third-order valence-corrected chi connectivity index (χ3v) is 2.34. The van der Waals surface area contributed by atoms with E-state index in [1.54, 1.807) is 6.20 Å². The Labute approximate surface area is 102 Å². The molecule has 1 aromatic heterocycles. The Bertz CT molecular complexity index is 354. The topological polar surface area (TPSA) is 49.8 Å². The minimum absolute atomic E-state index is 0.370. The second-order valence-corrected chi connectivity index (χ2v) is 4.22. The summed E-state index contributed by atoms with van der Waals surface area (Å²) in [7, 11) is 0. The molecule has 88 valence electrons. The summed E-state index contributed by atoms with van der Waals surface area (Å²) in [5.41, 5.74) is 0.918. The van der Waals surface area contributed by atoms with Gasteiger partial charge in [-0.15, -0.1) is 0 Å². The molecule has 0 aliphatic rings. The van der Waals surface area contributed by atoms with Crippen molar-refractivity contribution in [3.8, 4) is 0 Å². The number of aromatic nitrogens is 2. The van der Waals surface area contributed by atoms with Gasteiger partial charge in [-0.2, -0.15) is 0 Å². The van der Waals surface area contributed by atoms with Gasteiger partial charge < -0.3 is 10.6 Å². The molecule has 1 rings (SSSR count). The van der Waals surface area contributed by atoms with Crippen molar-refractivity contribution >= 4 is 23.3 Å². The Morgan fingerprint density at radius 2 is 2.31 bits per heavy atom. The Kier molecular flexibility index (Phi) is 5.11. The third-order valence-electron chi connectivity index (χ3n) is 2.12. The van der Waals surface area contributed by atoms with Gasteiger partial charge in [0.1, 0.15) is 0 Å². The number of nitrogens with zero attached hydrogens (tertiary/aromatic N) is 2. The molecule has 1 heterocycles. The molecule has 1 atom stereocenters. The number of rotatable bonds is 4. The molecular formula is C11H18N4S. The summed E-state index contributed by atoms with van der Waals surface area (Å²) in [6.45, 7) is 6.18. The van der Waals surface area contributed by atoms with Gasteiger partial charge in [-0.25, -0.2) is 9.97 Å². The van der Waals surface area contributed by atoms with Gasteiger partial charge in [0.25, 0.3) is 0 Å². The van der Waals surface area contributed by atoms with Crippen LogP contribution in [0.4, 0.5) is 5.95 Å². The fourth-order valence-electron chi connectivity index (χ4n) is 1.38. The van der Waals surface area contributed by atoms with E-state index in [1.165, 1.54) is 0 Å². The SMILES string of the molecule is CCC[C@@H](C)NC(=S)Nc1nccc(C)n1. The van der Waals surface area contributed by atoms with E-state index in [0.717, 1.165) is 18.5 Å². The van der Waals surface area contributed by atoms with Gasteiger partial charge in [0.05, 0.1) is 0 Å². The van der Waals surface area contributed by atoms with Crippen molar-refractivity contribution in [2.75, 3.05) is 5.32 Å². The highest BCUT2D eigenvalue weighted by Crippen LogP contribution is 2.00. The first-order valence-corrected chi connectivity index (χ1v) is 5.89. The van der Waals surface area contributed by atoms with E-state index in [1.807, 2.05) is 13.0 Å². The van der Waals surface area contributed by atoms with Gasteiger partial charge in [0.2, 0.25) is 5.95 Å². The monoisotopic (exact) mass is 238 g/mol. The molecule has 0 amide bonds. The molecular weight excluding hydrogens is 220 g/mol. The maximum atomic E-state index is 5.17. The second kappa shape index (κ2) is 6.37. The van der Waals surface area contributed by atoms with Gasteiger partial charge in [-0.1, -0.05) is 13.3 Å². The molecule has 0 saturated heterocycles. The highest BCUT2D eigenvalue weighted by atomic mass is 32.1. The minimum Gasteiger partial charge on any atom is -0.360 e. The normalized spacial score (nSPS) is 11.9. The van der Waals surface area contributed by atoms with Crippen LogP contribution in [-0.2, 0) is 0 Å². The maximum Gasteiger partial charge on any atom is 0.229 e. The average Bonchev–Trinajstić information content (AvgIpc) is 2.17. The van der Waals surface area contributed by atoms with E-state index in [0.29, 0.717) is 17.1 Å². The van der Waals surface area contributed by atoms with Crippen LogP contribution in [0.5, 0.6) is 0 Å². The molecule has 1 aromatic rings. The molecule has 0 aliphatic heterocycles. The van der Waals surface area contributed by atoms with Gasteiger partial charge in [-0.3, -0.25) is 0 Å². The van der Waals surface area contributed by atoms with Crippen molar-refractivity contribution < 1.29 is 0 Å². The van der Waals surface area contributed by atoms with Gasteiger partial charge >= 0.3 is 0 Å². The highest BCUT2D eigenvalue weighted by molar-refractivity contribution is 7.80. The lowest BCUT2D eigenvalue weighted by Gasteiger charge is -2.15. The molecule has 0 fully saturated rings. The van der Waals surface area contributed by atoms with Gasteiger partial charge in [0.15, 0.2) is 5.11 Å². The Morgan fingerprint density at radius 3 is 2.94 bits per heavy atom. The molecule has 0 bridgehead atoms. The van der Waals surface area contributed by atoms with E-state index in [9.17, 15) is 0 Å². The summed E-state index contributed by atoms with van der Waals surface area (Å²) in [5, 5.41) is 6.73. The summed E-state index contributed by atoms with van der Waals surface area (Å²) in [5.74, 6) is 0.543. The van der Waals surface area contributed by atoms with Crippen molar-refractivity contribution in [3.05, 3.63) is 18.0 Å². The lowest BCUT2D eigenvalue weighted by molar-refractivity contribution is 0.599. The van der Waals surface area contributed by atoms with Crippen LogP contribution in [0.3, 0.4) is 0 Å². The summed E-state index contributed by atoms with van der Waals surface area (Å²) < 4.78 is 0. The first-order chi connectivity index (χ1) is 7.61. The number of anilines is 1. The Morgan fingerprint density at radius 1 is 1.56 bits per heavy atom. The quantitative estimate of drug-likeness (QED) is 0.788. The molecule has 0 radical (unpaired) electrons. The van der Waals surface area contributed by atoms with E-state index in [4.69, 9.17) is 12.2 Å². The zero-order chi connectivity index (χ0) is 12.0. The molecule has 0 spiro atoms. The molecule has 0 unspecified atom stereocenters. The van der Waals surface area contributed by atoms with Crippen LogP contribution >= 0.6 is 12.2 Å². The van der Waals surface area contributed by atoms with Crippen LogP contribution in [0, 0.1) is 6.92 Å². The van der Waals surface area contributed by atoms with Crippen molar-refractivity contribution in [1.82, 2.24) is 15.3 Å². The summed E-state index contributed by atoms with van der Waals surface area (Å²) >= 11 is 5.17. The Balaban J connectivity index is 2.45. The first-order valence-electron chi connectivity index (χ1n) is 5.49. The van der Waals surface area contributed by atoms with E-state index < -0.39 is 0 Å². The minimum atomic E-state index is 0.370. The second-order valence-electron chi connectivity index (χ2n) is 3.81. The number of thiocarbonyl (C=S) groups is 1. The fourth-order valence-corrected chi connectivity index (χ4v) is 1.67. The van der Waals surface area contributed by atoms with Crippen molar-refractivity contribution in [2.24, 2.45) is 0 Å². The number of hydrogen-bond donors (Lipinski definition) is 2. The van der Waals surface area contributed by atoms with Crippen LogP contribution in [0.1, 0.15) is 32.4 Å². The summed E-state index contributed by atoms with van der Waals surface area (Å²) in [4.78, 5) is 8.30. The molecule has 16 heavy (non-hydrogen) atoms. The van der Waals surface area contributed by atoms with Gasteiger partial charge in [0, 0.05) is 17.9 Å². The highest BCUT2D eigenvalue weighted by Gasteiger charge is 2.04. The summed E-state index contributed by atoms with van der Waals surface area (Å²) in [6, 6.07) is 2.22. The zero-order valence-corrected chi connectivity index (χ0v) is 10.8.